The first kappa shape index (κ1) is 33.9. The Kier molecular flexibility index (Phi) is 13.5. The van der Waals surface area contributed by atoms with Gasteiger partial charge in [-0.3, -0.25) is 9.59 Å². The number of rotatable bonds is 13. The van der Waals surface area contributed by atoms with Crippen LogP contribution in [0.1, 0.15) is 37.3 Å². The summed E-state index contributed by atoms with van der Waals surface area (Å²) in [7, 11) is 0. The molecule has 3 rings (SSSR count). The quantitative estimate of drug-likeness (QED) is 0.245. The van der Waals surface area contributed by atoms with Crippen LogP contribution in [-0.4, -0.2) is 78.5 Å². The van der Waals surface area contributed by atoms with Gasteiger partial charge >= 0.3 is 0 Å². The van der Waals surface area contributed by atoms with E-state index in [1.165, 1.54) is 0 Å². The van der Waals surface area contributed by atoms with Crippen LogP contribution in [0.15, 0.2) is 36.4 Å². The molecule has 0 spiro atoms. The van der Waals surface area contributed by atoms with Crippen LogP contribution >= 0.6 is 46.4 Å². The van der Waals surface area contributed by atoms with Crippen molar-refractivity contribution in [3.05, 3.63) is 67.6 Å². The normalized spacial score (nSPS) is 18.8. The summed E-state index contributed by atoms with van der Waals surface area (Å²) < 4.78 is 0. The summed E-state index contributed by atoms with van der Waals surface area (Å²) >= 11 is 24.7. The van der Waals surface area contributed by atoms with E-state index >= 15 is 0 Å². The van der Waals surface area contributed by atoms with Gasteiger partial charge in [0.2, 0.25) is 11.8 Å². The average Bonchev–Trinajstić information content (AvgIpc) is 2.93. The van der Waals surface area contributed by atoms with Crippen molar-refractivity contribution in [3.8, 4) is 0 Å². The van der Waals surface area contributed by atoms with Gasteiger partial charge in [0.15, 0.2) is 0 Å². The Morgan fingerprint density at radius 1 is 0.854 bits per heavy atom. The number of carbonyl (C=O) groups is 2. The number of nitrogens with two attached hydrogens (primary N) is 3. The first-order valence-electron chi connectivity index (χ1n) is 13.9. The minimum atomic E-state index is -0.786. The lowest BCUT2D eigenvalue weighted by Crippen LogP contribution is -2.64. The molecule has 1 unspecified atom stereocenters. The Labute approximate surface area is 262 Å². The van der Waals surface area contributed by atoms with E-state index in [-0.39, 0.29) is 36.7 Å². The molecule has 0 radical (unpaired) electrons. The number of benzene rings is 2. The second kappa shape index (κ2) is 16.3. The molecule has 7 N–H and O–H groups in total. The van der Waals surface area contributed by atoms with Gasteiger partial charge in [0.25, 0.3) is 0 Å². The van der Waals surface area contributed by atoms with E-state index in [4.69, 9.17) is 63.6 Å². The Morgan fingerprint density at radius 3 is 1.90 bits per heavy atom. The lowest BCUT2D eigenvalue weighted by molar-refractivity contribution is -0.148. The molecule has 12 heteroatoms. The fraction of sp³-hybridized carbons (Fsp3) is 0.517. The molecule has 0 saturated carbocycles. The lowest BCUT2D eigenvalue weighted by atomic mass is 9.97. The number of amides is 2. The van der Waals surface area contributed by atoms with Gasteiger partial charge in [-0.25, -0.2) is 0 Å². The Bertz CT molecular complexity index is 1190. The molecule has 226 valence electrons. The van der Waals surface area contributed by atoms with Crippen LogP contribution in [0.25, 0.3) is 0 Å². The van der Waals surface area contributed by atoms with Crippen molar-refractivity contribution < 1.29 is 9.59 Å². The predicted molar refractivity (Wildman–Crippen MR) is 169 cm³/mol. The molecule has 0 aromatic heterocycles. The summed E-state index contributed by atoms with van der Waals surface area (Å²) in [5, 5.41) is 5.28. The van der Waals surface area contributed by atoms with E-state index in [2.05, 4.69) is 5.32 Å². The Morgan fingerprint density at radius 2 is 1.39 bits per heavy atom. The van der Waals surface area contributed by atoms with E-state index < -0.39 is 12.1 Å². The molecule has 1 heterocycles. The van der Waals surface area contributed by atoms with Crippen LogP contribution in [0.4, 0.5) is 0 Å². The van der Waals surface area contributed by atoms with Crippen molar-refractivity contribution in [3.63, 3.8) is 0 Å². The maximum Gasteiger partial charge on any atom is 0.240 e. The molecule has 41 heavy (non-hydrogen) atoms. The number of nitrogens with zero attached hydrogens (tertiary/aromatic N) is 2. The van der Waals surface area contributed by atoms with Gasteiger partial charge in [-0.1, -0.05) is 65.0 Å². The number of piperazine rings is 1. The molecule has 2 amide bonds. The second-order valence-electron chi connectivity index (χ2n) is 10.6. The van der Waals surface area contributed by atoms with Gasteiger partial charge in [0, 0.05) is 58.4 Å². The van der Waals surface area contributed by atoms with Gasteiger partial charge in [-0.15, -0.1) is 0 Å². The number of halogens is 4. The molecule has 8 nitrogen and oxygen atoms in total. The zero-order chi connectivity index (χ0) is 30.1. The van der Waals surface area contributed by atoms with Crippen molar-refractivity contribution in [1.82, 2.24) is 15.1 Å². The molecule has 2 aromatic carbocycles. The van der Waals surface area contributed by atoms with Crippen molar-refractivity contribution >= 4 is 58.2 Å². The molecule has 1 saturated heterocycles. The fourth-order valence-corrected chi connectivity index (χ4v) is 6.14. The van der Waals surface area contributed by atoms with Gasteiger partial charge < -0.3 is 32.3 Å². The van der Waals surface area contributed by atoms with Crippen molar-refractivity contribution in [1.29, 1.82) is 0 Å². The highest BCUT2D eigenvalue weighted by Crippen LogP contribution is 2.26. The Hall–Kier alpha value is -1.62. The zero-order valence-corrected chi connectivity index (χ0v) is 26.3. The van der Waals surface area contributed by atoms with E-state index in [9.17, 15) is 9.59 Å². The smallest absolute Gasteiger partial charge is 0.240 e. The predicted octanol–water partition coefficient (Wildman–Crippen LogP) is 3.89. The first-order valence-corrected chi connectivity index (χ1v) is 15.4. The summed E-state index contributed by atoms with van der Waals surface area (Å²) in [6, 6.07) is 8.30. The number of carbonyl (C=O) groups excluding carboxylic acids is 2. The highest BCUT2D eigenvalue weighted by molar-refractivity contribution is 6.35. The highest BCUT2D eigenvalue weighted by atomic mass is 35.5. The number of unbranched alkanes of at least 4 members (excludes halogenated alkanes) is 1. The molecule has 1 aliphatic rings. The van der Waals surface area contributed by atoms with Gasteiger partial charge in [-0.2, -0.15) is 0 Å². The van der Waals surface area contributed by atoms with E-state index in [1.54, 1.807) is 41.3 Å². The van der Waals surface area contributed by atoms with Gasteiger partial charge in [0.05, 0.1) is 12.1 Å². The van der Waals surface area contributed by atoms with Crippen LogP contribution < -0.4 is 22.5 Å². The van der Waals surface area contributed by atoms with Crippen LogP contribution in [0, 0.1) is 0 Å². The summed E-state index contributed by atoms with van der Waals surface area (Å²) in [4.78, 5) is 30.9. The number of hydrogen-bond donors (Lipinski definition) is 4. The third kappa shape index (κ3) is 9.70. The molecular formula is C29H40Cl4N6O2. The SMILES string of the molecule is C[C@@H]1CN(C(=O)[C@H](N)Cc2ccc(Cl)cc2Cl)C(CCCCNCCN)CN1C(=O)[C@H](N)Cc1ccc(Cl)cc1Cl. The van der Waals surface area contributed by atoms with Crippen molar-refractivity contribution in [2.24, 2.45) is 17.2 Å². The average molecular weight is 646 g/mol. The van der Waals surface area contributed by atoms with Gasteiger partial charge in [0.1, 0.15) is 0 Å². The minimum absolute atomic E-state index is 0.168. The third-order valence-electron chi connectivity index (χ3n) is 7.41. The Balaban J connectivity index is 1.72. The molecule has 1 fully saturated rings. The largest absolute Gasteiger partial charge is 0.335 e. The van der Waals surface area contributed by atoms with E-state index in [0.717, 1.165) is 43.5 Å². The van der Waals surface area contributed by atoms with Gasteiger partial charge in [-0.05, 0) is 74.5 Å². The maximum atomic E-state index is 13.7. The summed E-state index contributed by atoms with van der Waals surface area (Å²) in [6.07, 6.45) is 3.07. The summed E-state index contributed by atoms with van der Waals surface area (Å²) in [5.74, 6) is -0.346. The fourth-order valence-electron chi connectivity index (χ4n) is 5.17. The van der Waals surface area contributed by atoms with Crippen molar-refractivity contribution in [2.75, 3.05) is 32.7 Å². The van der Waals surface area contributed by atoms with Crippen molar-refractivity contribution in [2.45, 2.75) is 63.2 Å². The highest BCUT2D eigenvalue weighted by Gasteiger charge is 2.39. The van der Waals surface area contributed by atoms with Crippen LogP contribution in [0.5, 0.6) is 0 Å². The summed E-state index contributed by atoms with van der Waals surface area (Å²) in [6.45, 7) is 4.82. The van der Waals surface area contributed by atoms with Crippen LogP contribution in [0.2, 0.25) is 20.1 Å². The second-order valence-corrected chi connectivity index (χ2v) is 12.3. The van der Waals surface area contributed by atoms with E-state index in [1.807, 2.05) is 11.8 Å². The molecule has 0 aliphatic carbocycles. The summed E-state index contributed by atoms with van der Waals surface area (Å²) in [5.41, 5.74) is 19.9. The standard InChI is InChI=1S/C29H40Cl4N6O2/c1-18-16-39(29(41)27(36)13-20-6-8-22(31)15-25(20)33)23(4-2-3-10-37-11-9-34)17-38(18)28(40)26(35)12-19-5-7-21(30)14-24(19)32/h5-8,14-15,18,23,26-27,37H,2-4,9-13,16-17,34-36H2,1H3/t18-,23?,26-,27-/m1/s1. The molecular weight excluding hydrogens is 606 g/mol. The topological polar surface area (TPSA) is 131 Å². The molecule has 4 atom stereocenters. The molecule has 1 aliphatic heterocycles. The number of hydrogen-bond acceptors (Lipinski definition) is 6. The van der Waals surface area contributed by atoms with Crippen LogP contribution in [0.3, 0.4) is 0 Å². The third-order valence-corrected chi connectivity index (χ3v) is 8.59. The zero-order valence-electron chi connectivity index (χ0n) is 23.3. The maximum absolute atomic E-state index is 13.7. The minimum Gasteiger partial charge on any atom is -0.335 e. The molecule has 2 aromatic rings. The number of nitrogens with one attached hydrogen (secondary N) is 1. The monoisotopic (exact) mass is 644 g/mol. The molecule has 0 bridgehead atoms. The first-order chi connectivity index (χ1) is 19.5. The van der Waals surface area contributed by atoms with E-state index in [0.29, 0.717) is 39.7 Å². The lowest BCUT2D eigenvalue weighted by Gasteiger charge is -2.47. The van der Waals surface area contributed by atoms with Crippen LogP contribution in [-0.2, 0) is 22.4 Å².